The number of nitrogens with one attached hydrogen (secondary N) is 1. The number of thiophene rings is 1. The van der Waals surface area contributed by atoms with Crippen molar-refractivity contribution in [3.05, 3.63) is 21.3 Å². The van der Waals surface area contributed by atoms with Crippen LogP contribution in [0.4, 0.5) is 0 Å². The molecule has 1 aliphatic rings. The molecule has 0 spiro atoms. The minimum absolute atomic E-state index is 0.143. The standard InChI is InChI=1S/C9H12ClNOS/c10-6-3-7(13-5-6)4-11-8-1-2-9(8)12/h3,5,8-9,11-12H,1-2,4H2/t8-,9-/m1/s1. The number of halogens is 1. The fourth-order valence-corrected chi connectivity index (χ4v) is 2.42. The van der Waals surface area contributed by atoms with Gasteiger partial charge in [0.1, 0.15) is 0 Å². The molecule has 0 aliphatic heterocycles. The van der Waals surface area contributed by atoms with Crippen molar-refractivity contribution >= 4 is 22.9 Å². The highest BCUT2D eigenvalue weighted by Crippen LogP contribution is 2.22. The maximum absolute atomic E-state index is 9.31. The summed E-state index contributed by atoms with van der Waals surface area (Å²) >= 11 is 7.44. The summed E-state index contributed by atoms with van der Waals surface area (Å²) in [6.07, 6.45) is 1.87. The number of hydrogen-bond donors (Lipinski definition) is 2. The topological polar surface area (TPSA) is 32.3 Å². The summed E-state index contributed by atoms with van der Waals surface area (Å²) in [6.45, 7) is 0.819. The predicted molar refractivity (Wildman–Crippen MR) is 55.2 cm³/mol. The van der Waals surface area contributed by atoms with E-state index in [9.17, 15) is 5.11 Å². The molecular formula is C9H12ClNOS. The van der Waals surface area contributed by atoms with Crippen LogP contribution in [0.25, 0.3) is 0 Å². The maximum Gasteiger partial charge on any atom is 0.0693 e. The molecule has 1 aromatic rings. The number of hydrogen-bond acceptors (Lipinski definition) is 3. The maximum atomic E-state index is 9.31. The average Bonchev–Trinajstić information content (AvgIpc) is 2.49. The van der Waals surface area contributed by atoms with Gasteiger partial charge in [-0.1, -0.05) is 11.6 Å². The molecule has 2 rings (SSSR count). The van der Waals surface area contributed by atoms with Gasteiger partial charge in [0.25, 0.3) is 0 Å². The second kappa shape index (κ2) is 3.96. The van der Waals surface area contributed by atoms with Crippen molar-refractivity contribution in [3.63, 3.8) is 0 Å². The molecule has 4 heteroatoms. The summed E-state index contributed by atoms with van der Waals surface area (Å²) in [5.74, 6) is 0. The van der Waals surface area contributed by atoms with Crippen LogP contribution in [0.15, 0.2) is 11.4 Å². The highest BCUT2D eigenvalue weighted by Gasteiger charge is 2.27. The highest BCUT2D eigenvalue weighted by atomic mass is 35.5. The van der Waals surface area contributed by atoms with Crippen LogP contribution in [-0.4, -0.2) is 17.3 Å². The fraction of sp³-hybridized carbons (Fsp3) is 0.556. The summed E-state index contributed by atoms with van der Waals surface area (Å²) in [6, 6.07) is 2.26. The molecule has 0 unspecified atom stereocenters. The van der Waals surface area contributed by atoms with Crippen molar-refractivity contribution in [2.24, 2.45) is 0 Å². The summed E-state index contributed by atoms with van der Waals surface area (Å²) in [5, 5.41) is 15.3. The molecule has 1 aliphatic carbocycles. The average molecular weight is 218 g/mol. The Kier molecular flexibility index (Phi) is 2.89. The smallest absolute Gasteiger partial charge is 0.0693 e. The zero-order chi connectivity index (χ0) is 9.26. The van der Waals surface area contributed by atoms with E-state index in [1.54, 1.807) is 11.3 Å². The van der Waals surface area contributed by atoms with Crippen LogP contribution in [-0.2, 0) is 6.54 Å². The van der Waals surface area contributed by atoms with Crippen LogP contribution in [0.5, 0.6) is 0 Å². The molecule has 1 saturated carbocycles. The van der Waals surface area contributed by atoms with Gasteiger partial charge in [0, 0.05) is 22.8 Å². The second-order valence-electron chi connectivity index (χ2n) is 3.36. The molecule has 72 valence electrons. The van der Waals surface area contributed by atoms with E-state index in [1.807, 2.05) is 11.4 Å². The van der Waals surface area contributed by atoms with Gasteiger partial charge in [-0.2, -0.15) is 0 Å². The zero-order valence-electron chi connectivity index (χ0n) is 7.16. The minimum Gasteiger partial charge on any atom is -0.392 e. The first-order valence-corrected chi connectivity index (χ1v) is 5.66. The molecular weight excluding hydrogens is 206 g/mol. The van der Waals surface area contributed by atoms with E-state index in [-0.39, 0.29) is 6.10 Å². The van der Waals surface area contributed by atoms with Gasteiger partial charge in [0.15, 0.2) is 0 Å². The van der Waals surface area contributed by atoms with Crippen molar-refractivity contribution in [1.29, 1.82) is 0 Å². The van der Waals surface area contributed by atoms with Gasteiger partial charge >= 0.3 is 0 Å². The van der Waals surface area contributed by atoms with Crippen LogP contribution >= 0.6 is 22.9 Å². The molecule has 0 bridgehead atoms. The Morgan fingerprint density at radius 2 is 2.46 bits per heavy atom. The van der Waals surface area contributed by atoms with Gasteiger partial charge in [-0.3, -0.25) is 0 Å². The van der Waals surface area contributed by atoms with E-state index in [4.69, 9.17) is 11.6 Å². The monoisotopic (exact) mass is 217 g/mol. The van der Waals surface area contributed by atoms with Gasteiger partial charge in [0.2, 0.25) is 0 Å². The summed E-state index contributed by atoms with van der Waals surface area (Å²) < 4.78 is 0. The van der Waals surface area contributed by atoms with Crippen molar-refractivity contribution in [2.75, 3.05) is 0 Å². The second-order valence-corrected chi connectivity index (χ2v) is 4.80. The largest absolute Gasteiger partial charge is 0.392 e. The lowest BCUT2D eigenvalue weighted by molar-refractivity contribution is 0.0494. The quantitative estimate of drug-likeness (QED) is 0.812. The van der Waals surface area contributed by atoms with Crippen LogP contribution in [0.1, 0.15) is 17.7 Å². The number of rotatable bonds is 3. The molecule has 13 heavy (non-hydrogen) atoms. The van der Waals surface area contributed by atoms with Gasteiger partial charge in [-0.15, -0.1) is 11.3 Å². The van der Waals surface area contributed by atoms with E-state index in [2.05, 4.69) is 5.32 Å². The highest BCUT2D eigenvalue weighted by molar-refractivity contribution is 7.10. The lowest BCUT2D eigenvalue weighted by Crippen LogP contribution is -2.47. The van der Waals surface area contributed by atoms with E-state index >= 15 is 0 Å². The summed E-state index contributed by atoms with van der Waals surface area (Å²) in [7, 11) is 0. The van der Waals surface area contributed by atoms with Gasteiger partial charge in [-0.05, 0) is 18.9 Å². The Balaban J connectivity index is 1.79. The minimum atomic E-state index is -0.143. The molecule has 0 radical (unpaired) electrons. The van der Waals surface area contributed by atoms with Crippen molar-refractivity contribution < 1.29 is 5.11 Å². The third-order valence-corrected chi connectivity index (χ3v) is 3.68. The van der Waals surface area contributed by atoms with Gasteiger partial charge in [0.05, 0.1) is 11.1 Å². The van der Waals surface area contributed by atoms with Crippen LogP contribution in [0.3, 0.4) is 0 Å². The summed E-state index contributed by atoms with van der Waals surface area (Å²) in [4.78, 5) is 1.23. The Hall–Kier alpha value is -0.0900. The van der Waals surface area contributed by atoms with Crippen molar-refractivity contribution in [1.82, 2.24) is 5.32 Å². The Morgan fingerprint density at radius 3 is 2.92 bits per heavy atom. The lowest BCUT2D eigenvalue weighted by atomic mass is 9.89. The van der Waals surface area contributed by atoms with Gasteiger partial charge in [-0.25, -0.2) is 0 Å². The third kappa shape index (κ3) is 2.23. The van der Waals surface area contributed by atoms with Crippen LogP contribution in [0, 0.1) is 0 Å². The molecule has 1 aromatic heterocycles. The van der Waals surface area contributed by atoms with Crippen LogP contribution < -0.4 is 5.32 Å². The Bertz CT molecular complexity index is 289. The molecule has 1 fully saturated rings. The van der Waals surface area contributed by atoms with E-state index in [0.717, 1.165) is 24.4 Å². The first-order chi connectivity index (χ1) is 6.25. The Morgan fingerprint density at radius 1 is 1.62 bits per heavy atom. The molecule has 0 amide bonds. The van der Waals surface area contributed by atoms with E-state index < -0.39 is 0 Å². The SMILES string of the molecule is O[C@@H]1CC[C@H]1NCc1cc(Cl)cs1. The third-order valence-electron chi connectivity index (χ3n) is 2.40. The normalized spacial score (nSPS) is 27.2. The fourth-order valence-electron chi connectivity index (χ4n) is 1.40. The number of aliphatic hydroxyl groups is 1. The first kappa shape index (κ1) is 9.46. The van der Waals surface area contributed by atoms with Crippen molar-refractivity contribution in [2.45, 2.75) is 31.5 Å². The molecule has 2 atom stereocenters. The van der Waals surface area contributed by atoms with E-state index in [0.29, 0.717) is 6.04 Å². The number of aliphatic hydroxyl groups excluding tert-OH is 1. The zero-order valence-corrected chi connectivity index (χ0v) is 8.74. The molecule has 2 nitrogen and oxygen atoms in total. The predicted octanol–water partition coefficient (Wildman–Crippen LogP) is 2.01. The van der Waals surface area contributed by atoms with Crippen LogP contribution in [0.2, 0.25) is 5.02 Å². The van der Waals surface area contributed by atoms with Crippen molar-refractivity contribution in [3.8, 4) is 0 Å². The summed E-state index contributed by atoms with van der Waals surface area (Å²) in [5.41, 5.74) is 0. The first-order valence-electron chi connectivity index (χ1n) is 4.40. The Labute approximate surface area is 86.5 Å². The molecule has 1 heterocycles. The van der Waals surface area contributed by atoms with Gasteiger partial charge < -0.3 is 10.4 Å². The molecule has 0 aromatic carbocycles. The van der Waals surface area contributed by atoms with E-state index in [1.165, 1.54) is 4.88 Å². The molecule has 0 saturated heterocycles. The molecule has 2 N–H and O–H groups in total. The lowest BCUT2D eigenvalue weighted by Gasteiger charge is -2.33.